The third-order valence-electron chi connectivity index (χ3n) is 2.96. The quantitative estimate of drug-likeness (QED) is 0.777. The van der Waals surface area contributed by atoms with E-state index in [-0.39, 0.29) is 6.04 Å². The largest absolute Gasteiger partial charge is 0.496 e. The van der Waals surface area contributed by atoms with Gasteiger partial charge in [-0.05, 0) is 31.9 Å². The van der Waals surface area contributed by atoms with Crippen molar-refractivity contribution in [3.8, 4) is 5.75 Å². The van der Waals surface area contributed by atoms with Gasteiger partial charge in [-0.25, -0.2) is 0 Å². The van der Waals surface area contributed by atoms with Crippen LogP contribution in [0.1, 0.15) is 30.1 Å². The molecule has 0 bridgehead atoms. The number of hydrogen-bond donors (Lipinski definition) is 2. The predicted molar refractivity (Wildman–Crippen MR) is 71.8 cm³/mol. The van der Waals surface area contributed by atoms with Crippen LogP contribution < -0.4 is 10.5 Å². The van der Waals surface area contributed by atoms with Gasteiger partial charge in [-0.3, -0.25) is 0 Å². The highest BCUT2D eigenvalue weighted by Gasteiger charge is 2.16. The van der Waals surface area contributed by atoms with Crippen molar-refractivity contribution in [3.63, 3.8) is 0 Å². The fourth-order valence-electron chi connectivity index (χ4n) is 1.91. The van der Waals surface area contributed by atoms with Gasteiger partial charge >= 0.3 is 0 Å². The second-order valence-electron chi connectivity index (χ2n) is 4.54. The molecule has 102 valence electrons. The van der Waals surface area contributed by atoms with Crippen LogP contribution >= 0.6 is 0 Å². The van der Waals surface area contributed by atoms with Crippen LogP contribution in [0.5, 0.6) is 5.75 Å². The molecule has 0 saturated carbocycles. The van der Waals surface area contributed by atoms with E-state index in [9.17, 15) is 5.11 Å². The molecule has 0 aliphatic heterocycles. The lowest BCUT2D eigenvalue weighted by atomic mass is 9.98. The molecule has 0 fully saturated rings. The van der Waals surface area contributed by atoms with Gasteiger partial charge in [-0.15, -0.1) is 0 Å². The second kappa shape index (κ2) is 7.36. The monoisotopic (exact) mass is 253 g/mol. The number of methoxy groups -OCH3 is 2. The first-order valence-corrected chi connectivity index (χ1v) is 6.15. The van der Waals surface area contributed by atoms with Crippen molar-refractivity contribution in [1.29, 1.82) is 0 Å². The first-order valence-electron chi connectivity index (χ1n) is 6.15. The van der Waals surface area contributed by atoms with Crippen LogP contribution in [0.2, 0.25) is 0 Å². The van der Waals surface area contributed by atoms with E-state index in [4.69, 9.17) is 15.2 Å². The Kier molecular flexibility index (Phi) is 6.12. The molecule has 0 spiro atoms. The van der Waals surface area contributed by atoms with Crippen LogP contribution in [0.15, 0.2) is 18.2 Å². The van der Waals surface area contributed by atoms with Gasteiger partial charge in [0.2, 0.25) is 0 Å². The molecule has 1 aromatic carbocycles. The minimum absolute atomic E-state index is 0.0785. The minimum Gasteiger partial charge on any atom is -0.496 e. The zero-order valence-corrected chi connectivity index (χ0v) is 11.3. The summed E-state index contributed by atoms with van der Waals surface area (Å²) in [6.07, 6.45) is 0.636. The van der Waals surface area contributed by atoms with Crippen molar-refractivity contribution >= 4 is 0 Å². The summed E-state index contributed by atoms with van der Waals surface area (Å²) in [5, 5.41) is 10.2. The maximum absolute atomic E-state index is 10.2. The zero-order valence-electron chi connectivity index (χ0n) is 11.3. The normalized spacial score (nSPS) is 14.3. The Hall–Kier alpha value is -1.10. The summed E-state index contributed by atoms with van der Waals surface area (Å²) in [5.74, 6) is 0.701. The van der Waals surface area contributed by atoms with Crippen LogP contribution in [0.4, 0.5) is 0 Å². The van der Waals surface area contributed by atoms with Crippen molar-refractivity contribution in [1.82, 2.24) is 0 Å². The van der Waals surface area contributed by atoms with Gasteiger partial charge in [0.25, 0.3) is 0 Å². The summed E-state index contributed by atoms with van der Waals surface area (Å²) in [6, 6.07) is 5.69. The fourth-order valence-corrected chi connectivity index (χ4v) is 1.91. The van der Waals surface area contributed by atoms with Gasteiger partial charge in [0.15, 0.2) is 0 Å². The molecule has 0 radical (unpaired) electrons. The molecule has 3 N–H and O–H groups in total. The van der Waals surface area contributed by atoms with E-state index in [1.54, 1.807) is 14.2 Å². The first-order chi connectivity index (χ1) is 8.58. The molecular formula is C14H23NO3. The molecule has 0 aliphatic rings. The maximum Gasteiger partial charge on any atom is 0.124 e. The summed E-state index contributed by atoms with van der Waals surface area (Å²) in [5.41, 5.74) is 7.84. The molecule has 18 heavy (non-hydrogen) atoms. The van der Waals surface area contributed by atoms with Gasteiger partial charge in [0, 0.05) is 25.3 Å². The Balaban J connectivity index is 2.70. The lowest BCUT2D eigenvalue weighted by Crippen LogP contribution is -2.24. The molecule has 0 heterocycles. The molecule has 2 atom stereocenters. The topological polar surface area (TPSA) is 64.7 Å². The van der Waals surface area contributed by atoms with Crippen molar-refractivity contribution in [2.75, 3.05) is 20.8 Å². The average Bonchev–Trinajstić information content (AvgIpc) is 2.36. The molecule has 0 aliphatic carbocycles. The van der Waals surface area contributed by atoms with Gasteiger partial charge in [0.05, 0.1) is 13.2 Å². The van der Waals surface area contributed by atoms with Crippen molar-refractivity contribution in [3.05, 3.63) is 29.3 Å². The first kappa shape index (κ1) is 15.0. The van der Waals surface area contributed by atoms with Crippen LogP contribution in [0.3, 0.4) is 0 Å². The van der Waals surface area contributed by atoms with E-state index >= 15 is 0 Å². The molecule has 1 rings (SSSR count). The number of aliphatic hydroxyl groups is 1. The number of rotatable bonds is 7. The van der Waals surface area contributed by atoms with Gasteiger partial charge in [0.1, 0.15) is 5.75 Å². The zero-order chi connectivity index (χ0) is 13.5. The summed E-state index contributed by atoms with van der Waals surface area (Å²) < 4.78 is 10.2. The van der Waals surface area contributed by atoms with Crippen molar-refractivity contribution in [2.45, 2.75) is 31.9 Å². The summed E-state index contributed by atoms with van der Waals surface area (Å²) in [4.78, 5) is 0. The minimum atomic E-state index is -0.605. The van der Waals surface area contributed by atoms with Crippen LogP contribution in [0, 0.1) is 6.92 Å². The lowest BCUT2D eigenvalue weighted by Gasteiger charge is -2.19. The van der Waals surface area contributed by atoms with Crippen molar-refractivity contribution < 1.29 is 14.6 Å². The second-order valence-corrected chi connectivity index (χ2v) is 4.54. The van der Waals surface area contributed by atoms with Crippen LogP contribution in [-0.2, 0) is 4.74 Å². The van der Waals surface area contributed by atoms with Gasteiger partial charge in [-0.2, -0.15) is 0 Å². The van der Waals surface area contributed by atoms with Crippen LogP contribution in [-0.4, -0.2) is 32.0 Å². The lowest BCUT2D eigenvalue weighted by molar-refractivity contribution is 0.138. The third kappa shape index (κ3) is 4.29. The van der Waals surface area contributed by atoms with E-state index in [1.165, 1.54) is 0 Å². The molecular weight excluding hydrogens is 230 g/mol. The van der Waals surface area contributed by atoms with E-state index < -0.39 is 6.10 Å². The molecule has 0 saturated heterocycles. The highest BCUT2D eigenvalue weighted by Crippen LogP contribution is 2.29. The molecule has 4 heteroatoms. The number of aryl methyl sites for hydroxylation is 1. The highest BCUT2D eigenvalue weighted by molar-refractivity contribution is 5.38. The summed E-state index contributed by atoms with van der Waals surface area (Å²) >= 11 is 0. The standard InChI is InChI=1S/C14H23NO3/c1-10-4-5-14(18-3)12(8-10)13(16)9-11(15)6-7-17-2/h4-5,8,11,13,16H,6-7,9,15H2,1-3H3. The van der Waals surface area contributed by atoms with Crippen LogP contribution in [0.25, 0.3) is 0 Å². The Morgan fingerprint density at radius 1 is 1.33 bits per heavy atom. The van der Waals surface area contributed by atoms with E-state index in [0.717, 1.165) is 17.5 Å². The third-order valence-corrected chi connectivity index (χ3v) is 2.96. The fraction of sp³-hybridized carbons (Fsp3) is 0.571. The average molecular weight is 253 g/mol. The number of hydrogen-bond acceptors (Lipinski definition) is 4. The summed E-state index contributed by atoms with van der Waals surface area (Å²) in [6.45, 7) is 2.60. The van der Waals surface area contributed by atoms with Gasteiger partial charge in [-0.1, -0.05) is 11.6 Å². The van der Waals surface area contributed by atoms with E-state index in [2.05, 4.69) is 0 Å². The highest BCUT2D eigenvalue weighted by atomic mass is 16.5. The van der Waals surface area contributed by atoms with E-state index in [0.29, 0.717) is 18.8 Å². The number of nitrogens with two attached hydrogens (primary N) is 1. The van der Waals surface area contributed by atoms with Gasteiger partial charge < -0.3 is 20.3 Å². The predicted octanol–water partition coefficient (Wildman–Crippen LogP) is 1.79. The molecule has 2 unspecified atom stereocenters. The molecule has 0 aromatic heterocycles. The van der Waals surface area contributed by atoms with Crippen molar-refractivity contribution in [2.24, 2.45) is 5.73 Å². The molecule has 0 amide bonds. The Morgan fingerprint density at radius 3 is 2.67 bits per heavy atom. The summed E-state index contributed by atoms with van der Waals surface area (Å²) in [7, 11) is 3.25. The smallest absolute Gasteiger partial charge is 0.124 e. The molecule has 1 aromatic rings. The number of aliphatic hydroxyl groups excluding tert-OH is 1. The number of ether oxygens (including phenoxy) is 2. The Morgan fingerprint density at radius 2 is 2.06 bits per heavy atom. The molecule has 4 nitrogen and oxygen atoms in total. The maximum atomic E-state index is 10.2. The SMILES string of the molecule is COCCC(N)CC(O)c1cc(C)ccc1OC. The Bertz CT molecular complexity index is 368. The van der Waals surface area contributed by atoms with E-state index in [1.807, 2.05) is 25.1 Å². The Labute approximate surface area is 109 Å². The number of benzene rings is 1.